The van der Waals surface area contributed by atoms with E-state index in [1.165, 1.54) is 0 Å². The summed E-state index contributed by atoms with van der Waals surface area (Å²) in [7, 11) is 3.97. The van der Waals surface area contributed by atoms with Crippen molar-refractivity contribution in [2.24, 2.45) is 18.5 Å². The average Bonchev–Trinajstić information content (AvgIpc) is 3.01. The van der Waals surface area contributed by atoms with Crippen molar-refractivity contribution >= 4 is 5.70 Å². The second-order valence-corrected chi connectivity index (χ2v) is 10.3. The summed E-state index contributed by atoms with van der Waals surface area (Å²) in [6.45, 7) is 10.9. The predicted molar refractivity (Wildman–Crippen MR) is 132 cm³/mol. The summed E-state index contributed by atoms with van der Waals surface area (Å²) in [6.07, 6.45) is 7.49. The first-order valence-electron chi connectivity index (χ1n) is 11.1. The molecule has 0 aliphatic carbocycles. The number of hydrogen-bond acceptors (Lipinski definition) is 6. The van der Waals surface area contributed by atoms with Crippen molar-refractivity contribution in [3.63, 3.8) is 0 Å². The third-order valence-electron chi connectivity index (χ3n) is 6.27. The van der Waals surface area contributed by atoms with Gasteiger partial charge in [0.2, 0.25) is 0 Å². The molecular weight excluding hydrogens is 400 g/mol. The Hall–Kier alpha value is -2.93. The zero-order chi connectivity index (χ0) is 23.8. The van der Waals surface area contributed by atoms with E-state index < -0.39 is 0 Å². The van der Waals surface area contributed by atoms with Crippen LogP contribution in [0.15, 0.2) is 42.4 Å². The number of rotatable bonds is 5. The number of aryl methyl sites for hydroxylation is 2. The van der Waals surface area contributed by atoms with Gasteiger partial charge < -0.3 is 31.4 Å². The van der Waals surface area contributed by atoms with Crippen LogP contribution in [0.4, 0.5) is 0 Å². The number of nitrogens with one attached hydrogen (secondary N) is 1. The van der Waals surface area contributed by atoms with Gasteiger partial charge in [0.1, 0.15) is 11.6 Å². The third kappa shape index (κ3) is 5.27. The molecule has 1 aliphatic rings. The first kappa shape index (κ1) is 23.7. The molecule has 1 aromatic heterocycles. The maximum absolute atomic E-state index is 10.6. The average molecular weight is 439 g/mol. The SMILES string of the molecule is Cc1nc(-c2ccc(/C(N)=C/C=C(\N)N(C)C3CC(C)(C)NC(C)(C)C3)c(O)c2)cn1C. The van der Waals surface area contributed by atoms with Crippen molar-refractivity contribution in [2.45, 2.75) is 64.6 Å². The first-order chi connectivity index (χ1) is 14.8. The van der Waals surface area contributed by atoms with Crippen LogP contribution in [-0.4, -0.2) is 43.7 Å². The van der Waals surface area contributed by atoms with Crippen molar-refractivity contribution in [1.82, 2.24) is 19.8 Å². The van der Waals surface area contributed by atoms with E-state index in [1.54, 1.807) is 12.1 Å². The topological polar surface area (TPSA) is 105 Å². The fraction of sp³-hybridized carbons (Fsp3) is 0.480. The van der Waals surface area contributed by atoms with Gasteiger partial charge in [0, 0.05) is 54.2 Å². The van der Waals surface area contributed by atoms with Crippen LogP contribution in [0.1, 0.15) is 51.9 Å². The molecule has 0 saturated carbocycles. The predicted octanol–water partition coefficient (Wildman–Crippen LogP) is 3.44. The van der Waals surface area contributed by atoms with Gasteiger partial charge in [-0.3, -0.25) is 0 Å². The Bertz CT molecular complexity index is 1010. The van der Waals surface area contributed by atoms with E-state index in [9.17, 15) is 5.11 Å². The Kier molecular flexibility index (Phi) is 6.33. The number of phenolic OH excluding ortho intramolecular Hbond substituents is 1. The van der Waals surface area contributed by atoms with Gasteiger partial charge >= 0.3 is 0 Å². The number of aromatic nitrogens is 2. The van der Waals surface area contributed by atoms with E-state index in [0.717, 1.165) is 29.9 Å². The number of imidazole rings is 1. The van der Waals surface area contributed by atoms with Crippen LogP contribution in [0, 0.1) is 6.92 Å². The molecule has 1 aliphatic heterocycles. The Morgan fingerprint density at radius 2 is 1.81 bits per heavy atom. The van der Waals surface area contributed by atoms with E-state index in [0.29, 0.717) is 23.1 Å². The number of piperidine rings is 1. The van der Waals surface area contributed by atoms with Gasteiger partial charge in [-0.2, -0.15) is 0 Å². The summed E-state index contributed by atoms with van der Waals surface area (Å²) in [5, 5.41) is 14.3. The Morgan fingerprint density at radius 3 is 2.34 bits per heavy atom. The third-order valence-corrected chi connectivity index (χ3v) is 6.27. The highest BCUT2D eigenvalue weighted by atomic mass is 16.3. The Balaban J connectivity index is 1.77. The normalized spacial score (nSPS) is 19.2. The number of phenols is 1. The molecule has 1 saturated heterocycles. The minimum absolute atomic E-state index is 0.0372. The van der Waals surface area contributed by atoms with Gasteiger partial charge in [-0.05, 0) is 71.7 Å². The fourth-order valence-corrected chi connectivity index (χ4v) is 4.77. The van der Waals surface area contributed by atoms with Crippen LogP contribution in [0.3, 0.4) is 0 Å². The number of hydrogen-bond donors (Lipinski definition) is 4. The molecule has 174 valence electrons. The molecule has 3 rings (SSSR count). The molecule has 32 heavy (non-hydrogen) atoms. The van der Waals surface area contributed by atoms with E-state index in [4.69, 9.17) is 11.5 Å². The molecular formula is C25H38N6O. The molecule has 0 bridgehead atoms. The van der Waals surface area contributed by atoms with Crippen molar-refractivity contribution < 1.29 is 5.11 Å². The fourth-order valence-electron chi connectivity index (χ4n) is 4.77. The number of allylic oxidation sites excluding steroid dienone is 2. The van der Waals surface area contributed by atoms with Crippen LogP contribution < -0.4 is 16.8 Å². The largest absolute Gasteiger partial charge is 0.507 e. The highest BCUT2D eigenvalue weighted by Gasteiger charge is 2.39. The standard InChI is InChI=1S/C25H38N6O/c1-16-28-21(15-30(16)6)17-8-9-19(22(32)12-17)20(26)10-11-23(27)31(7)18-13-24(2,3)29-25(4,5)14-18/h8-12,15,18,29,32H,13-14,26-27H2,1-7H3/b20-10-,23-11+. The lowest BCUT2D eigenvalue weighted by Gasteiger charge is -2.49. The molecule has 2 heterocycles. The van der Waals surface area contributed by atoms with Gasteiger partial charge in [0.25, 0.3) is 0 Å². The molecule has 0 amide bonds. The lowest BCUT2D eigenvalue weighted by Crippen LogP contribution is -2.61. The molecule has 7 heteroatoms. The first-order valence-corrected chi connectivity index (χ1v) is 11.1. The van der Waals surface area contributed by atoms with Gasteiger partial charge in [-0.25, -0.2) is 4.98 Å². The summed E-state index contributed by atoms with van der Waals surface area (Å²) in [5.74, 6) is 1.67. The summed E-state index contributed by atoms with van der Waals surface area (Å²) in [5.41, 5.74) is 15.4. The highest BCUT2D eigenvalue weighted by Crippen LogP contribution is 2.32. The Morgan fingerprint density at radius 1 is 1.19 bits per heavy atom. The molecule has 2 aromatic rings. The molecule has 0 atom stereocenters. The van der Waals surface area contributed by atoms with Crippen molar-refractivity contribution in [3.05, 3.63) is 53.8 Å². The van der Waals surface area contributed by atoms with Gasteiger partial charge in [0.15, 0.2) is 0 Å². The van der Waals surface area contributed by atoms with Crippen LogP contribution in [-0.2, 0) is 7.05 Å². The lowest BCUT2D eigenvalue weighted by atomic mass is 9.79. The molecule has 0 spiro atoms. The monoisotopic (exact) mass is 438 g/mol. The van der Waals surface area contributed by atoms with Crippen LogP contribution in [0.5, 0.6) is 5.75 Å². The second kappa shape index (κ2) is 8.54. The molecule has 1 aromatic carbocycles. The zero-order valence-corrected chi connectivity index (χ0v) is 20.4. The van der Waals surface area contributed by atoms with E-state index in [-0.39, 0.29) is 16.8 Å². The van der Waals surface area contributed by atoms with E-state index in [1.807, 2.05) is 50.0 Å². The number of benzene rings is 1. The van der Waals surface area contributed by atoms with Crippen LogP contribution in [0.25, 0.3) is 17.0 Å². The highest BCUT2D eigenvalue weighted by molar-refractivity contribution is 5.73. The quantitative estimate of drug-likeness (QED) is 0.533. The molecule has 0 unspecified atom stereocenters. The Labute approximate surface area is 191 Å². The summed E-state index contributed by atoms with van der Waals surface area (Å²) in [6, 6.07) is 5.74. The number of aromatic hydroxyl groups is 1. The van der Waals surface area contributed by atoms with Gasteiger partial charge in [-0.15, -0.1) is 0 Å². The molecule has 0 radical (unpaired) electrons. The zero-order valence-electron chi connectivity index (χ0n) is 20.4. The van der Waals surface area contributed by atoms with Gasteiger partial charge in [0.05, 0.1) is 11.5 Å². The van der Waals surface area contributed by atoms with Crippen molar-refractivity contribution in [3.8, 4) is 17.0 Å². The molecule has 1 fully saturated rings. The lowest BCUT2D eigenvalue weighted by molar-refractivity contribution is 0.0981. The summed E-state index contributed by atoms with van der Waals surface area (Å²) < 4.78 is 1.95. The number of nitrogens with zero attached hydrogens (tertiary/aromatic N) is 3. The smallest absolute Gasteiger partial charge is 0.125 e. The maximum Gasteiger partial charge on any atom is 0.125 e. The van der Waals surface area contributed by atoms with E-state index >= 15 is 0 Å². The van der Waals surface area contributed by atoms with Crippen molar-refractivity contribution in [1.29, 1.82) is 0 Å². The molecule has 6 N–H and O–H groups in total. The summed E-state index contributed by atoms with van der Waals surface area (Å²) >= 11 is 0. The minimum Gasteiger partial charge on any atom is -0.507 e. The van der Waals surface area contributed by atoms with Crippen molar-refractivity contribution in [2.75, 3.05) is 7.05 Å². The molecule has 7 nitrogen and oxygen atoms in total. The van der Waals surface area contributed by atoms with Crippen LogP contribution in [0.2, 0.25) is 0 Å². The van der Waals surface area contributed by atoms with Gasteiger partial charge in [-0.1, -0.05) is 6.07 Å². The van der Waals surface area contributed by atoms with E-state index in [2.05, 4.69) is 42.9 Å². The number of nitrogens with two attached hydrogens (primary N) is 2. The van der Waals surface area contributed by atoms with Crippen LogP contribution >= 0.6 is 0 Å². The minimum atomic E-state index is 0.0372. The summed E-state index contributed by atoms with van der Waals surface area (Å²) in [4.78, 5) is 6.64. The second-order valence-electron chi connectivity index (χ2n) is 10.3. The maximum atomic E-state index is 10.6.